The number of phenolic OH excluding ortho intramolecular Hbond substituents is 1. The van der Waals surface area contributed by atoms with E-state index in [1.165, 1.54) is 12.1 Å². The number of aliphatic hydroxyl groups is 1. The molecule has 2 aliphatic heterocycles. The average molecular weight is 510 g/mol. The maximum atomic E-state index is 13.1. The number of rotatable bonds is 8. The number of benzene rings is 3. The third-order valence-electron chi connectivity index (χ3n) is 6.55. The number of hydrogen-bond acceptors (Lipinski definition) is 9. The van der Waals surface area contributed by atoms with E-state index in [2.05, 4.69) is 0 Å². The lowest BCUT2D eigenvalue weighted by molar-refractivity contribution is 0.0224. The standard InChI is InChI=1S/C26H27N2O7P/c27-11-3-1-2-4-22(30)15-5-8-18-21(12-15)26(34-25(18)31)19-9-6-16(29)13-23(19)33-24-14-17(35-36(28)32)7-10-20(24)26/h5-10,12-14,22,29-30,32H,1-4,11,27-28H2. The minimum Gasteiger partial charge on any atom is -0.508 e. The van der Waals surface area contributed by atoms with Crippen LogP contribution in [0.5, 0.6) is 23.0 Å². The number of hydrogen-bond donors (Lipinski definition) is 5. The first-order valence-corrected chi connectivity index (χ1v) is 12.9. The summed E-state index contributed by atoms with van der Waals surface area (Å²) in [4.78, 5) is 22.6. The molecule has 0 saturated heterocycles. The summed E-state index contributed by atoms with van der Waals surface area (Å²) < 4.78 is 17.4. The number of esters is 1. The van der Waals surface area contributed by atoms with Gasteiger partial charge in [-0.3, -0.25) is 5.50 Å². The number of ether oxygens (including phenoxy) is 2. The van der Waals surface area contributed by atoms with Gasteiger partial charge in [0.05, 0.1) is 11.7 Å². The fourth-order valence-corrected chi connectivity index (χ4v) is 5.24. The van der Waals surface area contributed by atoms with Crippen LogP contribution in [0.2, 0.25) is 0 Å². The monoisotopic (exact) mass is 510 g/mol. The number of fused-ring (bicyclic) bond motifs is 6. The molecule has 10 heteroatoms. The summed E-state index contributed by atoms with van der Waals surface area (Å²) in [5, 5.41) is 21.0. The lowest BCUT2D eigenvalue weighted by atomic mass is 9.77. The van der Waals surface area contributed by atoms with E-state index >= 15 is 0 Å². The van der Waals surface area contributed by atoms with Gasteiger partial charge >= 0.3 is 14.5 Å². The number of carbonyl (C=O) groups excluding carboxylic acids is 1. The molecule has 0 amide bonds. The van der Waals surface area contributed by atoms with E-state index in [0.29, 0.717) is 52.3 Å². The van der Waals surface area contributed by atoms with Gasteiger partial charge in [-0.1, -0.05) is 18.9 Å². The van der Waals surface area contributed by atoms with Crippen molar-refractivity contribution in [3.63, 3.8) is 0 Å². The highest BCUT2D eigenvalue weighted by molar-refractivity contribution is 7.43. The second-order valence-electron chi connectivity index (χ2n) is 8.86. The number of unbranched alkanes of at least 4 members (excludes halogenated alkanes) is 2. The molecule has 0 aliphatic carbocycles. The van der Waals surface area contributed by atoms with Crippen molar-refractivity contribution in [1.82, 2.24) is 0 Å². The molecule has 5 rings (SSSR count). The van der Waals surface area contributed by atoms with Crippen LogP contribution >= 0.6 is 8.53 Å². The number of aliphatic hydroxyl groups excluding tert-OH is 1. The molecular weight excluding hydrogens is 483 g/mol. The topological polar surface area (TPSA) is 157 Å². The highest BCUT2D eigenvalue weighted by Crippen LogP contribution is 2.57. The van der Waals surface area contributed by atoms with Crippen LogP contribution in [0.3, 0.4) is 0 Å². The molecule has 9 nitrogen and oxygen atoms in total. The zero-order valence-corrected chi connectivity index (χ0v) is 20.3. The molecular formula is C26H27N2O7P. The van der Waals surface area contributed by atoms with Crippen LogP contribution in [-0.4, -0.2) is 27.6 Å². The Bertz CT molecular complexity index is 1320. The molecule has 0 aromatic heterocycles. The zero-order chi connectivity index (χ0) is 25.4. The minimum atomic E-state index is -2.15. The molecule has 7 N–H and O–H groups in total. The Balaban J connectivity index is 1.64. The number of carbonyl (C=O) groups is 1. The van der Waals surface area contributed by atoms with Crippen molar-refractivity contribution in [1.29, 1.82) is 0 Å². The minimum absolute atomic E-state index is 0.0215. The highest BCUT2D eigenvalue weighted by atomic mass is 31.2. The molecule has 3 aromatic rings. The Morgan fingerprint density at radius 3 is 2.47 bits per heavy atom. The number of aromatic hydroxyl groups is 1. The van der Waals surface area contributed by atoms with E-state index in [-0.39, 0.29) is 11.5 Å². The van der Waals surface area contributed by atoms with Crippen LogP contribution in [0.25, 0.3) is 0 Å². The molecule has 36 heavy (non-hydrogen) atoms. The molecule has 0 radical (unpaired) electrons. The van der Waals surface area contributed by atoms with Crippen molar-refractivity contribution < 1.29 is 33.9 Å². The van der Waals surface area contributed by atoms with E-state index < -0.39 is 26.2 Å². The van der Waals surface area contributed by atoms with Crippen LogP contribution in [-0.2, 0) is 10.3 Å². The first kappa shape index (κ1) is 24.5. The Labute approximate surface area is 209 Å². The van der Waals surface area contributed by atoms with Gasteiger partial charge < -0.3 is 34.8 Å². The predicted octanol–water partition coefficient (Wildman–Crippen LogP) is 4.07. The van der Waals surface area contributed by atoms with Crippen molar-refractivity contribution >= 4 is 14.5 Å². The van der Waals surface area contributed by atoms with E-state index in [0.717, 1.165) is 19.3 Å². The molecule has 0 saturated carbocycles. The van der Waals surface area contributed by atoms with Gasteiger partial charge in [-0.15, -0.1) is 0 Å². The fraction of sp³-hybridized carbons (Fsp3) is 0.269. The van der Waals surface area contributed by atoms with Gasteiger partial charge in [-0.2, -0.15) is 0 Å². The molecule has 2 aliphatic rings. The highest BCUT2D eigenvalue weighted by Gasteiger charge is 2.53. The van der Waals surface area contributed by atoms with Crippen LogP contribution < -0.4 is 20.5 Å². The third kappa shape index (κ3) is 4.19. The largest absolute Gasteiger partial charge is 0.508 e. The van der Waals surface area contributed by atoms with Gasteiger partial charge in [0.25, 0.3) is 0 Å². The van der Waals surface area contributed by atoms with Crippen LogP contribution in [0.15, 0.2) is 54.6 Å². The first-order chi connectivity index (χ1) is 17.3. The summed E-state index contributed by atoms with van der Waals surface area (Å²) in [6.45, 7) is 0.616. The normalized spacial score (nSPS) is 19.1. The van der Waals surface area contributed by atoms with Gasteiger partial charge in [-0.25, -0.2) is 4.79 Å². The second kappa shape index (κ2) is 9.69. The average Bonchev–Trinajstić information content (AvgIpc) is 3.13. The lowest BCUT2D eigenvalue weighted by Crippen LogP contribution is -2.33. The van der Waals surface area contributed by atoms with Crippen molar-refractivity contribution in [2.75, 3.05) is 6.54 Å². The number of phenols is 1. The maximum absolute atomic E-state index is 13.1. The molecule has 3 atom stereocenters. The van der Waals surface area contributed by atoms with Crippen molar-refractivity contribution in [3.8, 4) is 23.0 Å². The summed E-state index contributed by atoms with van der Waals surface area (Å²) >= 11 is 0. The van der Waals surface area contributed by atoms with Crippen molar-refractivity contribution in [2.24, 2.45) is 11.2 Å². The SMILES string of the molecule is NCCCCCC(O)c1ccc2c(c1)C1(OC2=O)c2ccc(O)cc2Oc2cc(OP(N)O)ccc21. The number of nitrogens with two attached hydrogens (primary N) is 2. The lowest BCUT2D eigenvalue weighted by Gasteiger charge is -2.36. The molecule has 0 fully saturated rings. The van der Waals surface area contributed by atoms with Gasteiger partial charge in [0.1, 0.15) is 23.0 Å². The third-order valence-corrected chi connectivity index (χ3v) is 6.95. The zero-order valence-electron chi connectivity index (χ0n) is 19.4. The molecule has 188 valence electrons. The van der Waals surface area contributed by atoms with E-state index in [4.69, 9.17) is 25.2 Å². The van der Waals surface area contributed by atoms with Gasteiger partial charge in [0.15, 0.2) is 5.60 Å². The Morgan fingerprint density at radius 1 is 0.972 bits per heavy atom. The Hall–Kier alpha value is -3.20. The quantitative estimate of drug-likeness (QED) is 0.171. The van der Waals surface area contributed by atoms with Crippen molar-refractivity contribution in [3.05, 3.63) is 82.4 Å². The summed E-state index contributed by atoms with van der Waals surface area (Å²) in [5.74, 6) is 0.353. The molecule has 3 unspecified atom stereocenters. The first-order valence-electron chi connectivity index (χ1n) is 11.7. The molecule has 1 spiro atoms. The maximum Gasteiger partial charge on any atom is 0.340 e. The second-order valence-corrected chi connectivity index (χ2v) is 9.65. The van der Waals surface area contributed by atoms with Gasteiger partial charge in [0.2, 0.25) is 0 Å². The van der Waals surface area contributed by atoms with Gasteiger partial charge in [-0.05, 0) is 61.3 Å². The van der Waals surface area contributed by atoms with E-state index in [1.54, 1.807) is 42.5 Å². The summed E-state index contributed by atoms with van der Waals surface area (Å²) in [5.41, 5.74) is 12.3. The Morgan fingerprint density at radius 2 is 1.72 bits per heavy atom. The van der Waals surface area contributed by atoms with Crippen LogP contribution in [0.4, 0.5) is 0 Å². The molecule has 3 aromatic carbocycles. The smallest absolute Gasteiger partial charge is 0.340 e. The molecule has 2 heterocycles. The molecule has 0 bridgehead atoms. The van der Waals surface area contributed by atoms with E-state index in [1.807, 2.05) is 0 Å². The van der Waals surface area contributed by atoms with E-state index in [9.17, 15) is 19.9 Å². The summed E-state index contributed by atoms with van der Waals surface area (Å²) in [6, 6.07) is 14.7. The fourth-order valence-electron chi connectivity index (χ4n) is 4.91. The summed E-state index contributed by atoms with van der Waals surface area (Å²) in [7, 11) is -2.15. The Kier molecular flexibility index (Phi) is 6.59. The van der Waals surface area contributed by atoms with Crippen molar-refractivity contribution in [2.45, 2.75) is 37.4 Å². The van der Waals surface area contributed by atoms with Crippen LogP contribution in [0, 0.1) is 0 Å². The van der Waals surface area contributed by atoms with Gasteiger partial charge in [0, 0.05) is 28.8 Å². The predicted molar refractivity (Wildman–Crippen MR) is 133 cm³/mol. The summed E-state index contributed by atoms with van der Waals surface area (Å²) in [6.07, 6.45) is 2.50. The van der Waals surface area contributed by atoms with Crippen LogP contribution in [0.1, 0.15) is 64.4 Å².